The highest BCUT2D eigenvalue weighted by Crippen LogP contribution is 2.43. The topological polar surface area (TPSA) is 106 Å². The van der Waals surface area contributed by atoms with E-state index in [9.17, 15) is 18.0 Å². The first-order valence-electron chi connectivity index (χ1n) is 13.0. The summed E-state index contributed by atoms with van der Waals surface area (Å²) in [7, 11) is -1.79. The van der Waals surface area contributed by atoms with E-state index in [1.807, 2.05) is 0 Å². The average Bonchev–Trinajstić information content (AvgIpc) is 3.40. The van der Waals surface area contributed by atoms with Gasteiger partial charge in [-0.15, -0.1) is 11.3 Å². The molecule has 10 heteroatoms. The summed E-state index contributed by atoms with van der Waals surface area (Å²) in [5.74, 6) is 0.788. The number of nitrogens with one attached hydrogen (secondary N) is 1. The zero-order valence-corrected chi connectivity index (χ0v) is 23.7. The molecule has 0 radical (unpaired) electrons. The van der Waals surface area contributed by atoms with Crippen LogP contribution in [0.15, 0.2) is 29.2 Å². The Morgan fingerprint density at radius 2 is 1.84 bits per heavy atom. The maximum Gasteiger partial charge on any atom is 0.308 e. The lowest BCUT2D eigenvalue weighted by Crippen LogP contribution is -2.34. The van der Waals surface area contributed by atoms with Crippen LogP contribution in [0.25, 0.3) is 0 Å². The molecule has 1 amide bonds. The summed E-state index contributed by atoms with van der Waals surface area (Å²) in [6, 6.07) is 6.71. The number of rotatable bonds is 9. The lowest BCUT2D eigenvalue weighted by molar-refractivity contribution is -0.146. The summed E-state index contributed by atoms with van der Waals surface area (Å²) in [6.07, 6.45) is 4.02. The molecule has 1 fully saturated rings. The number of sulfone groups is 1. The third-order valence-corrected chi connectivity index (χ3v) is 10.2. The Labute approximate surface area is 223 Å². The zero-order chi connectivity index (χ0) is 26.7. The lowest BCUT2D eigenvalue weighted by atomic mass is 9.81. The minimum atomic E-state index is -3.26. The molecule has 1 aromatic carbocycles. The molecule has 1 N–H and O–H groups in total. The van der Waals surface area contributed by atoms with Gasteiger partial charge in [-0.2, -0.15) is 0 Å². The molecule has 4 rings (SSSR count). The Morgan fingerprint density at radius 1 is 1.16 bits per heavy atom. The van der Waals surface area contributed by atoms with E-state index in [1.165, 1.54) is 23.3 Å². The van der Waals surface area contributed by atoms with E-state index in [0.29, 0.717) is 17.0 Å². The van der Waals surface area contributed by atoms with Gasteiger partial charge in [0.1, 0.15) is 0 Å². The molecule has 1 saturated carbocycles. The second kappa shape index (κ2) is 11.6. The van der Waals surface area contributed by atoms with Crippen molar-refractivity contribution in [2.24, 2.45) is 17.8 Å². The van der Waals surface area contributed by atoms with Crippen molar-refractivity contribution in [2.75, 3.05) is 24.7 Å². The van der Waals surface area contributed by atoms with Gasteiger partial charge in [0.25, 0.3) is 0 Å². The Bertz CT molecular complexity index is 1220. The standard InChI is InChI=1S/C27H37N3O5S2/c1-5-37(33,34)21-12-8-18(9-13-21)14-23(31)28-27-29-24-22(36-27)16-30(25(24)17(2)3)15-19-6-10-20(11-7-19)26(32)35-4/h8-9,12-13,17,19-20,25H,5-7,10-11,14-16H2,1-4H3,(H,28,29,31)/t19-,20+,25-/m0/s1. The summed E-state index contributed by atoms with van der Waals surface area (Å²) in [4.78, 5) is 33.3. The van der Waals surface area contributed by atoms with Gasteiger partial charge in [-0.3, -0.25) is 14.5 Å². The summed E-state index contributed by atoms with van der Waals surface area (Å²) in [5, 5.41) is 3.56. The van der Waals surface area contributed by atoms with Crippen LogP contribution >= 0.6 is 11.3 Å². The van der Waals surface area contributed by atoms with Gasteiger partial charge in [0.15, 0.2) is 15.0 Å². The van der Waals surface area contributed by atoms with Crippen molar-refractivity contribution >= 4 is 38.2 Å². The monoisotopic (exact) mass is 547 g/mol. The molecule has 2 aliphatic rings. The number of fused-ring (bicyclic) bond motifs is 1. The van der Waals surface area contributed by atoms with Crippen molar-refractivity contribution in [1.82, 2.24) is 9.88 Å². The van der Waals surface area contributed by atoms with Gasteiger partial charge < -0.3 is 10.1 Å². The number of amides is 1. The van der Waals surface area contributed by atoms with Crippen LogP contribution in [-0.2, 0) is 37.1 Å². The van der Waals surface area contributed by atoms with Crippen LogP contribution in [-0.4, -0.2) is 49.6 Å². The molecule has 1 atom stereocenters. The highest BCUT2D eigenvalue weighted by molar-refractivity contribution is 7.91. The summed E-state index contributed by atoms with van der Waals surface area (Å²) >= 11 is 1.54. The largest absolute Gasteiger partial charge is 0.469 e. The van der Waals surface area contributed by atoms with Crippen LogP contribution in [0.3, 0.4) is 0 Å². The summed E-state index contributed by atoms with van der Waals surface area (Å²) in [5.41, 5.74) is 1.82. The fraction of sp³-hybridized carbons (Fsp3) is 0.593. The number of carbonyl (C=O) groups is 2. The molecule has 2 aromatic rings. The number of carbonyl (C=O) groups excluding carboxylic acids is 2. The number of hydrogen-bond acceptors (Lipinski definition) is 8. The van der Waals surface area contributed by atoms with Crippen molar-refractivity contribution in [2.45, 2.75) is 70.4 Å². The smallest absolute Gasteiger partial charge is 0.308 e. The van der Waals surface area contributed by atoms with Crippen molar-refractivity contribution in [3.05, 3.63) is 40.4 Å². The highest BCUT2D eigenvalue weighted by atomic mass is 32.2. The van der Waals surface area contributed by atoms with Gasteiger partial charge in [0.2, 0.25) is 5.91 Å². The molecule has 1 aliphatic heterocycles. The Balaban J connectivity index is 1.35. The molecular weight excluding hydrogens is 510 g/mol. The van der Waals surface area contributed by atoms with E-state index in [2.05, 4.69) is 24.1 Å². The van der Waals surface area contributed by atoms with Crippen molar-refractivity contribution in [3.63, 3.8) is 0 Å². The molecule has 0 saturated heterocycles. The van der Waals surface area contributed by atoms with E-state index >= 15 is 0 Å². The number of ether oxygens (including phenoxy) is 1. The number of anilines is 1. The summed E-state index contributed by atoms with van der Waals surface area (Å²) in [6.45, 7) is 7.85. The molecule has 8 nitrogen and oxygen atoms in total. The number of aromatic nitrogens is 1. The Morgan fingerprint density at radius 3 is 2.43 bits per heavy atom. The predicted molar refractivity (Wildman–Crippen MR) is 144 cm³/mol. The number of thiazole rings is 1. The Hall–Kier alpha value is -2.30. The van der Waals surface area contributed by atoms with E-state index < -0.39 is 9.84 Å². The van der Waals surface area contributed by atoms with E-state index in [0.717, 1.165) is 50.0 Å². The number of benzene rings is 1. The highest BCUT2D eigenvalue weighted by Gasteiger charge is 2.38. The van der Waals surface area contributed by atoms with Crippen LogP contribution in [0.5, 0.6) is 0 Å². The fourth-order valence-corrected chi connectivity index (χ4v) is 7.47. The third kappa shape index (κ3) is 6.41. The van der Waals surface area contributed by atoms with Crippen LogP contribution in [0.2, 0.25) is 0 Å². The second-order valence-corrected chi connectivity index (χ2v) is 13.8. The second-order valence-electron chi connectivity index (χ2n) is 10.5. The normalized spacial score (nSPS) is 22.1. The van der Waals surface area contributed by atoms with E-state index in [4.69, 9.17) is 9.72 Å². The summed E-state index contributed by atoms with van der Waals surface area (Å²) < 4.78 is 28.9. The van der Waals surface area contributed by atoms with Crippen LogP contribution in [0.4, 0.5) is 5.13 Å². The van der Waals surface area contributed by atoms with E-state index in [-0.39, 0.29) is 40.9 Å². The minimum Gasteiger partial charge on any atom is -0.469 e. The Kier molecular flexibility index (Phi) is 8.70. The number of hydrogen-bond donors (Lipinski definition) is 1. The number of methoxy groups -OCH3 is 1. The maximum absolute atomic E-state index is 12.7. The molecular formula is C27H37N3O5S2. The molecule has 37 heavy (non-hydrogen) atoms. The minimum absolute atomic E-state index is 0.0393. The maximum atomic E-state index is 12.7. The van der Waals surface area contributed by atoms with Crippen LogP contribution < -0.4 is 5.32 Å². The van der Waals surface area contributed by atoms with Crippen LogP contribution in [0, 0.1) is 17.8 Å². The first kappa shape index (κ1) is 27.7. The molecule has 0 bridgehead atoms. The van der Waals surface area contributed by atoms with Gasteiger partial charge in [0.05, 0.1) is 41.8 Å². The first-order chi connectivity index (χ1) is 17.6. The molecule has 1 aliphatic carbocycles. The van der Waals surface area contributed by atoms with Crippen molar-refractivity contribution < 1.29 is 22.7 Å². The quantitative estimate of drug-likeness (QED) is 0.457. The van der Waals surface area contributed by atoms with Crippen LogP contribution in [0.1, 0.15) is 68.6 Å². The van der Waals surface area contributed by atoms with E-state index in [1.54, 1.807) is 31.2 Å². The number of esters is 1. The molecule has 2 heterocycles. The van der Waals surface area contributed by atoms with Gasteiger partial charge in [0, 0.05) is 18.0 Å². The predicted octanol–water partition coefficient (Wildman–Crippen LogP) is 4.61. The average molecular weight is 548 g/mol. The SMILES string of the molecule is CCS(=O)(=O)c1ccc(CC(=O)Nc2nc3c(s2)CN(C[C@H]2CC[C@@H](C(=O)OC)CC2)[C@H]3C(C)C)cc1. The van der Waals surface area contributed by atoms with Crippen molar-refractivity contribution in [1.29, 1.82) is 0 Å². The third-order valence-electron chi connectivity index (χ3n) is 7.53. The number of nitrogens with zero attached hydrogens (tertiary/aromatic N) is 2. The van der Waals surface area contributed by atoms with Gasteiger partial charge in [-0.25, -0.2) is 13.4 Å². The molecule has 0 spiro atoms. The molecule has 1 aromatic heterocycles. The van der Waals surface area contributed by atoms with Gasteiger partial charge in [-0.05, 0) is 55.2 Å². The van der Waals surface area contributed by atoms with Gasteiger partial charge in [-0.1, -0.05) is 32.9 Å². The molecule has 0 unspecified atom stereocenters. The zero-order valence-electron chi connectivity index (χ0n) is 22.0. The molecule has 202 valence electrons. The lowest BCUT2D eigenvalue weighted by Gasteiger charge is -2.34. The first-order valence-corrected chi connectivity index (χ1v) is 15.5. The fourth-order valence-electron chi connectivity index (χ4n) is 5.54. The van der Waals surface area contributed by atoms with Gasteiger partial charge >= 0.3 is 5.97 Å². The van der Waals surface area contributed by atoms with Crippen molar-refractivity contribution in [3.8, 4) is 0 Å².